The topological polar surface area (TPSA) is 35.5 Å². The van der Waals surface area contributed by atoms with Crippen LogP contribution in [0.2, 0.25) is 0 Å². The zero-order chi connectivity index (χ0) is 18.2. The number of carbonyl (C=O) groups is 1. The molecule has 0 aliphatic rings. The maximum absolute atomic E-state index is 12.1. The highest BCUT2D eigenvalue weighted by Crippen LogP contribution is 2.30. The van der Waals surface area contributed by atoms with Crippen LogP contribution in [0.5, 0.6) is 11.5 Å². The van der Waals surface area contributed by atoms with E-state index in [4.69, 9.17) is 9.47 Å². The molecule has 2 aromatic carbocycles. The van der Waals surface area contributed by atoms with Gasteiger partial charge in [-0.2, -0.15) is 0 Å². The van der Waals surface area contributed by atoms with Gasteiger partial charge < -0.3 is 9.47 Å². The van der Waals surface area contributed by atoms with Gasteiger partial charge in [-0.25, -0.2) is 0 Å². The molecule has 2 rings (SSSR count). The number of rotatable bonds is 9. The van der Waals surface area contributed by atoms with E-state index in [-0.39, 0.29) is 5.92 Å². The van der Waals surface area contributed by atoms with Gasteiger partial charge in [-0.3, -0.25) is 4.79 Å². The molecule has 0 aliphatic carbocycles. The molecule has 0 N–H and O–H groups in total. The summed E-state index contributed by atoms with van der Waals surface area (Å²) >= 11 is 0. The number of Topliss-reactive ketones (excluding diaryl/α,β-unsaturated/α-hetero) is 1. The predicted octanol–water partition coefficient (Wildman–Crippen LogP) is 4.84. The first-order chi connectivity index (χ1) is 12.1. The second-order valence-electron chi connectivity index (χ2n) is 6.41. The van der Waals surface area contributed by atoms with Crippen LogP contribution < -0.4 is 9.47 Å². The molecular weight excluding hydrogens is 312 g/mol. The van der Waals surface area contributed by atoms with Crippen molar-refractivity contribution in [3.8, 4) is 11.5 Å². The third-order valence-electron chi connectivity index (χ3n) is 4.72. The highest BCUT2D eigenvalue weighted by molar-refractivity contribution is 5.80. The van der Waals surface area contributed by atoms with Gasteiger partial charge in [-0.1, -0.05) is 44.2 Å². The third kappa shape index (κ3) is 5.09. The lowest BCUT2D eigenvalue weighted by atomic mass is 9.96. The summed E-state index contributed by atoms with van der Waals surface area (Å²) in [6.45, 7) is 4.07. The molecule has 0 fully saturated rings. The van der Waals surface area contributed by atoms with Crippen LogP contribution in [-0.4, -0.2) is 20.0 Å². The summed E-state index contributed by atoms with van der Waals surface area (Å²) < 4.78 is 11.0. The van der Waals surface area contributed by atoms with Gasteiger partial charge in [0.05, 0.1) is 14.2 Å². The summed E-state index contributed by atoms with van der Waals surface area (Å²) in [5.41, 5.74) is 3.43. The zero-order valence-electron chi connectivity index (χ0n) is 15.7. The van der Waals surface area contributed by atoms with Crippen molar-refractivity contribution in [1.82, 2.24) is 0 Å². The van der Waals surface area contributed by atoms with Gasteiger partial charge in [-0.05, 0) is 36.1 Å². The molecule has 0 heterocycles. The number of hydrogen-bond acceptors (Lipinski definition) is 3. The van der Waals surface area contributed by atoms with Crippen LogP contribution in [0.1, 0.15) is 43.4 Å². The number of carbonyl (C=O) groups excluding carboxylic acids is 1. The monoisotopic (exact) mass is 340 g/mol. The standard InChI is InChI=1S/C22H28O3/c1-5-16(2)20(23)13-12-17-8-6-9-18(14-17)15-19-21(24-3)10-7-11-22(19)25-4/h6-11,14,16H,5,12-13,15H2,1-4H3. The first-order valence-corrected chi connectivity index (χ1v) is 8.89. The van der Waals surface area contributed by atoms with Crippen molar-refractivity contribution in [2.45, 2.75) is 39.5 Å². The minimum atomic E-state index is 0.154. The average Bonchev–Trinajstić information content (AvgIpc) is 2.65. The molecule has 0 amide bonds. The number of hydrogen-bond donors (Lipinski definition) is 0. The molecule has 3 nitrogen and oxygen atoms in total. The van der Waals surface area contributed by atoms with Gasteiger partial charge in [-0.15, -0.1) is 0 Å². The van der Waals surface area contributed by atoms with E-state index in [9.17, 15) is 4.79 Å². The molecule has 0 aliphatic heterocycles. The summed E-state index contributed by atoms with van der Waals surface area (Å²) in [7, 11) is 3.35. The number of aryl methyl sites for hydroxylation is 1. The lowest BCUT2D eigenvalue weighted by Crippen LogP contribution is -2.10. The van der Waals surface area contributed by atoms with Crippen LogP contribution >= 0.6 is 0 Å². The smallest absolute Gasteiger partial charge is 0.136 e. The Morgan fingerprint density at radius 3 is 2.20 bits per heavy atom. The van der Waals surface area contributed by atoms with E-state index in [0.717, 1.165) is 36.3 Å². The van der Waals surface area contributed by atoms with Gasteiger partial charge in [0.15, 0.2) is 0 Å². The number of ether oxygens (including phenoxy) is 2. The van der Waals surface area contributed by atoms with Gasteiger partial charge in [0.2, 0.25) is 0 Å². The average molecular weight is 340 g/mol. The molecule has 1 unspecified atom stereocenters. The Labute approximate surface area is 151 Å². The van der Waals surface area contributed by atoms with Crippen LogP contribution in [0, 0.1) is 5.92 Å². The molecule has 25 heavy (non-hydrogen) atoms. The zero-order valence-corrected chi connectivity index (χ0v) is 15.7. The molecule has 3 heteroatoms. The molecule has 0 bridgehead atoms. The fraction of sp³-hybridized carbons (Fsp3) is 0.409. The van der Waals surface area contributed by atoms with E-state index in [1.54, 1.807) is 14.2 Å². The molecular formula is C22H28O3. The molecule has 0 spiro atoms. The van der Waals surface area contributed by atoms with Crippen molar-refractivity contribution in [3.63, 3.8) is 0 Å². The Morgan fingerprint density at radius 1 is 1.00 bits per heavy atom. The van der Waals surface area contributed by atoms with Gasteiger partial charge in [0, 0.05) is 24.3 Å². The maximum atomic E-state index is 12.1. The van der Waals surface area contributed by atoms with E-state index in [2.05, 4.69) is 31.2 Å². The van der Waals surface area contributed by atoms with Gasteiger partial charge in [0.25, 0.3) is 0 Å². The van der Waals surface area contributed by atoms with Crippen LogP contribution in [0.3, 0.4) is 0 Å². The van der Waals surface area contributed by atoms with Crippen molar-refractivity contribution in [3.05, 3.63) is 59.2 Å². The van der Waals surface area contributed by atoms with Crippen LogP contribution in [0.4, 0.5) is 0 Å². The third-order valence-corrected chi connectivity index (χ3v) is 4.72. The Hall–Kier alpha value is -2.29. The molecule has 134 valence electrons. The molecule has 1 atom stereocenters. The number of benzene rings is 2. The van der Waals surface area contributed by atoms with Crippen molar-refractivity contribution in [2.75, 3.05) is 14.2 Å². The van der Waals surface area contributed by atoms with E-state index < -0.39 is 0 Å². The highest BCUT2D eigenvalue weighted by atomic mass is 16.5. The lowest BCUT2D eigenvalue weighted by molar-refractivity contribution is -0.122. The second-order valence-corrected chi connectivity index (χ2v) is 6.41. The summed E-state index contributed by atoms with van der Waals surface area (Å²) in [4.78, 5) is 12.1. The van der Waals surface area contributed by atoms with Crippen molar-refractivity contribution < 1.29 is 14.3 Å². The van der Waals surface area contributed by atoms with Gasteiger partial charge in [0.1, 0.15) is 17.3 Å². The minimum Gasteiger partial charge on any atom is -0.496 e. The fourth-order valence-corrected chi connectivity index (χ4v) is 2.94. The normalized spacial score (nSPS) is 11.8. The minimum absolute atomic E-state index is 0.154. The molecule has 0 saturated carbocycles. The van der Waals surface area contributed by atoms with Crippen molar-refractivity contribution in [2.24, 2.45) is 5.92 Å². The quantitative estimate of drug-likeness (QED) is 0.655. The second kappa shape index (κ2) is 9.26. The molecule has 0 aromatic heterocycles. The van der Waals surface area contributed by atoms with E-state index in [0.29, 0.717) is 12.2 Å². The number of methoxy groups -OCH3 is 2. The summed E-state index contributed by atoms with van der Waals surface area (Å²) in [6, 6.07) is 14.3. The Morgan fingerprint density at radius 2 is 1.60 bits per heavy atom. The fourth-order valence-electron chi connectivity index (χ4n) is 2.94. The first kappa shape index (κ1) is 19.0. The summed E-state index contributed by atoms with van der Waals surface area (Å²) in [6.07, 6.45) is 3.04. The molecule has 2 aromatic rings. The maximum Gasteiger partial charge on any atom is 0.136 e. The molecule has 0 saturated heterocycles. The predicted molar refractivity (Wildman–Crippen MR) is 102 cm³/mol. The summed E-state index contributed by atoms with van der Waals surface area (Å²) in [5, 5.41) is 0. The van der Waals surface area contributed by atoms with E-state index in [1.807, 2.05) is 25.1 Å². The van der Waals surface area contributed by atoms with Crippen LogP contribution in [-0.2, 0) is 17.6 Å². The lowest BCUT2D eigenvalue weighted by Gasteiger charge is -2.14. The van der Waals surface area contributed by atoms with Crippen molar-refractivity contribution >= 4 is 5.78 Å². The van der Waals surface area contributed by atoms with E-state index in [1.165, 1.54) is 11.1 Å². The Kier molecular flexibility index (Phi) is 7.05. The van der Waals surface area contributed by atoms with Crippen LogP contribution in [0.25, 0.3) is 0 Å². The molecule has 0 radical (unpaired) electrons. The Bertz CT molecular complexity index is 684. The van der Waals surface area contributed by atoms with Crippen molar-refractivity contribution in [1.29, 1.82) is 0 Å². The summed E-state index contributed by atoms with van der Waals surface area (Å²) in [5.74, 6) is 2.16. The van der Waals surface area contributed by atoms with E-state index >= 15 is 0 Å². The van der Waals surface area contributed by atoms with Gasteiger partial charge >= 0.3 is 0 Å². The SMILES string of the molecule is CCC(C)C(=O)CCc1cccc(Cc2c(OC)cccc2OC)c1. The number of ketones is 1. The largest absolute Gasteiger partial charge is 0.496 e. The van der Waals surface area contributed by atoms with Crippen LogP contribution in [0.15, 0.2) is 42.5 Å². The first-order valence-electron chi connectivity index (χ1n) is 8.89. The highest BCUT2D eigenvalue weighted by Gasteiger charge is 2.12. The Balaban J connectivity index is 2.13.